The summed E-state index contributed by atoms with van der Waals surface area (Å²) in [5.74, 6) is -0.323. The average Bonchev–Trinajstić information content (AvgIpc) is 2.62. The first kappa shape index (κ1) is 20.0. The van der Waals surface area contributed by atoms with E-state index in [2.05, 4.69) is 10.6 Å². The number of urea groups is 1. The van der Waals surface area contributed by atoms with E-state index in [1.807, 2.05) is 6.92 Å². The van der Waals surface area contributed by atoms with Crippen molar-refractivity contribution in [2.75, 3.05) is 27.4 Å². The Bertz CT molecular complexity index is 642. The van der Waals surface area contributed by atoms with Crippen LogP contribution in [0.5, 0.6) is 11.5 Å². The largest absolute Gasteiger partial charge is 0.493 e. The van der Waals surface area contributed by atoms with Crippen LogP contribution in [0.25, 0.3) is 6.08 Å². The van der Waals surface area contributed by atoms with Crippen molar-refractivity contribution < 1.29 is 28.6 Å². The molecule has 8 nitrogen and oxygen atoms in total. The number of methoxy groups -OCH3 is 2. The fraction of sp³-hybridized carbons (Fsp3) is 0.353. The van der Waals surface area contributed by atoms with Gasteiger partial charge >= 0.3 is 12.0 Å². The Kier molecular flexibility index (Phi) is 8.56. The Labute approximate surface area is 146 Å². The standard InChI is InChI=1S/C17H22N2O6/c1-4-9-18-17(22)19-15(20)11-25-16(21)8-6-12-5-7-13(23-2)14(10-12)24-3/h5-8,10H,4,9,11H2,1-3H3,(H2,18,19,20,22)/b8-6+. The number of amides is 3. The number of imide groups is 1. The van der Waals surface area contributed by atoms with Crippen LogP contribution in [0, 0.1) is 0 Å². The van der Waals surface area contributed by atoms with Crippen LogP contribution in [0.3, 0.4) is 0 Å². The summed E-state index contributed by atoms with van der Waals surface area (Å²) >= 11 is 0. The summed E-state index contributed by atoms with van der Waals surface area (Å²) in [6.07, 6.45) is 3.43. The quantitative estimate of drug-likeness (QED) is 0.544. The number of carbonyl (C=O) groups excluding carboxylic acids is 3. The molecule has 8 heteroatoms. The van der Waals surface area contributed by atoms with Gasteiger partial charge in [0, 0.05) is 12.6 Å². The van der Waals surface area contributed by atoms with E-state index in [0.717, 1.165) is 6.42 Å². The van der Waals surface area contributed by atoms with Gasteiger partial charge in [-0.15, -0.1) is 0 Å². The molecule has 0 saturated carbocycles. The van der Waals surface area contributed by atoms with Gasteiger partial charge in [0.25, 0.3) is 5.91 Å². The van der Waals surface area contributed by atoms with Gasteiger partial charge in [-0.05, 0) is 30.2 Å². The number of hydrogen-bond donors (Lipinski definition) is 2. The van der Waals surface area contributed by atoms with E-state index >= 15 is 0 Å². The van der Waals surface area contributed by atoms with Crippen molar-refractivity contribution in [3.05, 3.63) is 29.8 Å². The van der Waals surface area contributed by atoms with Gasteiger partial charge in [0.1, 0.15) is 0 Å². The third-order valence-corrected chi connectivity index (χ3v) is 2.95. The lowest BCUT2D eigenvalue weighted by Gasteiger charge is -2.07. The van der Waals surface area contributed by atoms with Crippen LogP contribution < -0.4 is 20.1 Å². The number of esters is 1. The van der Waals surface area contributed by atoms with Gasteiger partial charge in [-0.1, -0.05) is 13.0 Å². The Hall–Kier alpha value is -3.03. The van der Waals surface area contributed by atoms with Crippen molar-refractivity contribution in [1.82, 2.24) is 10.6 Å². The monoisotopic (exact) mass is 350 g/mol. The van der Waals surface area contributed by atoms with Crippen LogP contribution in [0.4, 0.5) is 4.79 Å². The molecule has 0 aliphatic rings. The zero-order chi connectivity index (χ0) is 18.7. The number of benzene rings is 1. The lowest BCUT2D eigenvalue weighted by atomic mass is 10.2. The van der Waals surface area contributed by atoms with E-state index in [-0.39, 0.29) is 0 Å². The smallest absolute Gasteiger partial charge is 0.331 e. The molecular weight excluding hydrogens is 328 g/mol. The predicted molar refractivity (Wildman–Crippen MR) is 91.4 cm³/mol. The summed E-state index contributed by atoms with van der Waals surface area (Å²) in [5.41, 5.74) is 0.693. The molecule has 1 aromatic carbocycles. The van der Waals surface area contributed by atoms with Crippen LogP contribution >= 0.6 is 0 Å². The molecule has 3 amide bonds. The lowest BCUT2D eigenvalue weighted by Crippen LogP contribution is -2.41. The van der Waals surface area contributed by atoms with Gasteiger partial charge < -0.3 is 19.5 Å². The zero-order valence-corrected chi connectivity index (χ0v) is 14.5. The first-order chi connectivity index (χ1) is 12.0. The third kappa shape index (κ3) is 7.38. The molecule has 1 rings (SSSR count). The normalized spacial score (nSPS) is 10.2. The summed E-state index contributed by atoms with van der Waals surface area (Å²) in [4.78, 5) is 34.3. The molecule has 0 atom stereocenters. The van der Waals surface area contributed by atoms with E-state index in [1.54, 1.807) is 18.2 Å². The second-order valence-electron chi connectivity index (χ2n) is 4.86. The number of carbonyl (C=O) groups is 3. The Balaban J connectivity index is 2.47. The highest BCUT2D eigenvalue weighted by Gasteiger charge is 2.09. The number of nitrogens with one attached hydrogen (secondary N) is 2. The molecular formula is C17H22N2O6. The molecule has 0 spiro atoms. The van der Waals surface area contributed by atoms with E-state index < -0.39 is 24.5 Å². The summed E-state index contributed by atoms with van der Waals surface area (Å²) in [6.45, 7) is 1.79. The molecule has 0 unspecified atom stereocenters. The molecule has 0 aliphatic carbocycles. The maximum atomic E-state index is 11.6. The maximum Gasteiger partial charge on any atom is 0.331 e. The molecule has 136 valence electrons. The molecule has 0 aliphatic heterocycles. The van der Waals surface area contributed by atoms with Gasteiger partial charge in [-0.2, -0.15) is 0 Å². The highest BCUT2D eigenvalue weighted by atomic mass is 16.5. The van der Waals surface area contributed by atoms with Gasteiger partial charge in [0.15, 0.2) is 18.1 Å². The fourth-order valence-electron chi connectivity index (χ4n) is 1.75. The highest BCUT2D eigenvalue weighted by Crippen LogP contribution is 2.27. The molecule has 0 saturated heterocycles. The summed E-state index contributed by atoms with van der Waals surface area (Å²) in [7, 11) is 3.03. The van der Waals surface area contributed by atoms with Gasteiger partial charge in [-0.25, -0.2) is 9.59 Å². The summed E-state index contributed by atoms with van der Waals surface area (Å²) in [6, 6.07) is 4.50. The van der Waals surface area contributed by atoms with Crippen molar-refractivity contribution in [2.45, 2.75) is 13.3 Å². The molecule has 1 aromatic rings. The lowest BCUT2D eigenvalue weighted by molar-refractivity contribution is -0.143. The van der Waals surface area contributed by atoms with Gasteiger partial charge in [-0.3, -0.25) is 10.1 Å². The molecule has 0 heterocycles. The zero-order valence-electron chi connectivity index (χ0n) is 14.5. The Morgan fingerprint density at radius 3 is 2.48 bits per heavy atom. The topological polar surface area (TPSA) is 103 Å². The molecule has 2 N–H and O–H groups in total. The summed E-state index contributed by atoms with van der Waals surface area (Å²) < 4.78 is 15.0. The fourth-order valence-corrected chi connectivity index (χ4v) is 1.75. The SMILES string of the molecule is CCCNC(=O)NC(=O)COC(=O)/C=C/c1ccc(OC)c(OC)c1. The minimum atomic E-state index is -0.709. The van der Waals surface area contributed by atoms with E-state index in [0.29, 0.717) is 23.6 Å². The van der Waals surface area contributed by atoms with Crippen LogP contribution in [0.2, 0.25) is 0 Å². The number of hydrogen-bond acceptors (Lipinski definition) is 6. The second-order valence-corrected chi connectivity index (χ2v) is 4.86. The van der Waals surface area contributed by atoms with Crippen molar-refractivity contribution in [3.63, 3.8) is 0 Å². The first-order valence-corrected chi connectivity index (χ1v) is 7.64. The number of rotatable bonds is 8. The van der Waals surface area contributed by atoms with Crippen LogP contribution in [-0.4, -0.2) is 45.3 Å². The van der Waals surface area contributed by atoms with E-state index in [4.69, 9.17) is 14.2 Å². The number of ether oxygens (including phenoxy) is 3. The van der Waals surface area contributed by atoms with E-state index in [9.17, 15) is 14.4 Å². The third-order valence-electron chi connectivity index (χ3n) is 2.95. The van der Waals surface area contributed by atoms with Gasteiger partial charge in [0.2, 0.25) is 0 Å². The van der Waals surface area contributed by atoms with Gasteiger partial charge in [0.05, 0.1) is 14.2 Å². The minimum absolute atomic E-state index is 0.451. The second kappa shape index (κ2) is 10.7. The van der Waals surface area contributed by atoms with Crippen LogP contribution in [-0.2, 0) is 14.3 Å². The van der Waals surface area contributed by atoms with Crippen molar-refractivity contribution in [1.29, 1.82) is 0 Å². The molecule has 0 aromatic heterocycles. The molecule has 0 fully saturated rings. The first-order valence-electron chi connectivity index (χ1n) is 7.64. The minimum Gasteiger partial charge on any atom is -0.493 e. The Morgan fingerprint density at radius 2 is 1.84 bits per heavy atom. The maximum absolute atomic E-state index is 11.6. The van der Waals surface area contributed by atoms with Crippen LogP contribution in [0.1, 0.15) is 18.9 Å². The summed E-state index contributed by atoms with van der Waals surface area (Å²) in [5, 5.41) is 4.52. The molecule has 25 heavy (non-hydrogen) atoms. The van der Waals surface area contributed by atoms with Crippen LogP contribution in [0.15, 0.2) is 24.3 Å². The van der Waals surface area contributed by atoms with Crippen molar-refractivity contribution in [3.8, 4) is 11.5 Å². The molecule has 0 radical (unpaired) electrons. The average molecular weight is 350 g/mol. The Morgan fingerprint density at radius 1 is 1.12 bits per heavy atom. The van der Waals surface area contributed by atoms with E-state index in [1.165, 1.54) is 26.4 Å². The predicted octanol–water partition coefficient (Wildman–Crippen LogP) is 1.50. The highest BCUT2D eigenvalue weighted by molar-refractivity contribution is 5.96. The molecule has 0 bridgehead atoms. The van der Waals surface area contributed by atoms with Crippen molar-refractivity contribution >= 4 is 24.0 Å². The van der Waals surface area contributed by atoms with Crippen molar-refractivity contribution in [2.24, 2.45) is 0 Å².